The van der Waals surface area contributed by atoms with E-state index in [0.29, 0.717) is 31.9 Å². The zero-order chi connectivity index (χ0) is 29.0. The van der Waals surface area contributed by atoms with Gasteiger partial charge in [0.05, 0.1) is 26.7 Å². The number of thiazole rings is 1. The van der Waals surface area contributed by atoms with Gasteiger partial charge in [0.1, 0.15) is 11.8 Å². The van der Waals surface area contributed by atoms with E-state index in [0.717, 1.165) is 33.1 Å². The van der Waals surface area contributed by atoms with Gasteiger partial charge in [-0.25, -0.2) is 4.90 Å². The molecule has 3 heterocycles. The van der Waals surface area contributed by atoms with Crippen LogP contribution in [0.25, 0.3) is 0 Å². The van der Waals surface area contributed by atoms with E-state index in [4.69, 9.17) is 23.2 Å². The lowest BCUT2D eigenvalue weighted by Crippen LogP contribution is -2.33. The molecule has 0 bridgehead atoms. The van der Waals surface area contributed by atoms with Gasteiger partial charge in [0.2, 0.25) is 17.7 Å². The number of rotatable bonds is 5. The van der Waals surface area contributed by atoms with E-state index in [9.17, 15) is 19.2 Å². The van der Waals surface area contributed by atoms with Crippen molar-refractivity contribution in [3.8, 4) is 0 Å². The average molecular weight is 689 g/mol. The lowest BCUT2D eigenvalue weighted by Gasteiger charge is -2.31. The van der Waals surface area contributed by atoms with Gasteiger partial charge in [-0.05, 0) is 54.4 Å². The van der Waals surface area contributed by atoms with Gasteiger partial charge in [0.25, 0.3) is 0 Å². The number of para-hydroxylation sites is 1. The van der Waals surface area contributed by atoms with Crippen molar-refractivity contribution in [2.24, 2.45) is 5.92 Å². The quantitative estimate of drug-likeness (QED) is 0.235. The molecule has 41 heavy (non-hydrogen) atoms. The van der Waals surface area contributed by atoms with Crippen molar-refractivity contribution in [2.75, 3.05) is 10.2 Å². The minimum Gasteiger partial charge on any atom is -0.324 e. The molecule has 0 spiro atoms. The van der Waals surface area contributed by atoms with E-state index in [1.165, 1.54) is 9.47 Å². The van der Waals surface area contributed by atoms with Crippen LogP contribution in [0, 0.1) is 12.8 Å². The number of halogens is 3. The summed E-state index contributed by atoms with van der Waals surface area (Å²) in [6.07, 6.45) is 0. The first-order valence-corrected chi connectivity index (χ1v) is 15.7. The summed E-state index contributed by atoms with van der Waals surface area (Å²) in [7, 11) is 0. The summed E-state index contributed by atoms with van der Waals surface area (Å²) in [6, 6.07) is 19.4. The summed E-state index contributed by atoms with van der Waals surface area (Å²) >= 11 is 18.5. The van der Waals surface area contributed by atoms with Crippen LogP contribution in [0.3, 0.4) is 0 Å². The van der Waals surface area contributed by atoms with Crippen LogP contribution in [0.15, 0.2) is 81.0 Å². The first kappa shape index (κ1) is 28.2. The molecule has 1 N–H and O–H groups in total. The van der Waals surface area contributed by atoms with Gasteiger partial charge in [0, 0.05) is 21.0 Å². The molecule has 1 saturated heterocycles. The largest absolute Gasteiger partial charge is 0.324 e. The smallest absolute Gasteiger partial charge is 0.308 e. The summed E-state index contributed by atoms with van der Waals surface area (Å²) in [5.41, 5.74) is 2.53. The number of carbonyl (C=O) groups excluding carboxylic acids is 3. The molecule has 3 amide bonds. The number of hydrogen-bond acceptors (Lipinski definition) is 6. The van der Waals surface area contributed by atoms with E-state index in [2.05, 4.69) is 21.2 Å². The number of amides is 3. The summed E-state index contributed by atoms with van der Waals surface area (Å²) in [6.45, 7) is 1.63. The Balaban J connectivity index is 1.44. The Morgan fingerprint density at radius 2 is 1.71 bits per heavy atom. The van der Waals surface area contributed by atoms with Crippen molar-refractivity contribution in [1.82, 2.24) is 4.57 Å². The van der Waals surface area contributed by atoms with Gasteiger partial charge in [-0.1, -0.05) is 92.6 Å². The molecule has 2 aliphatic rings. The summed E-state index contributed by atoms with van der Waals surface area (Å²) < 4.78 is 2.19. The minimum atomic E-state index is -0.835. The van der Waals surface area contributed by atoms with Crippen molar-refractivity contribution in [1.29, 1.82) is 0 Å². The lowest BCUT2D eigenvalue weighted by atomic mass is 9.83. The molecule has 208 valence electrons. The third-order valence-electron chi connectivity index (χ3n) is 7.17. The Morgan fingerprint density at radius 3 is 2.44 bits per heavy atom. The SMILES string of the molecule is Cc1ccccc1NC(=O)Cn1c2c(sc1=O)[C@H](c1cccc(Cl)c1Cl)C1C(=O)N(c3ccc(Br)cc3)C(=O)C1S2. The maximum Gasteiger partial charge on any atom is 0.308 e. The highest BCUT2D eigenvalue weighted by Crippen LogP contribution is 2.55. The predicted octanol–water partition coefficient (Wildman–Crippen LogP) is 6.72. The Hall–Kier alpha value is -2.89. The molecule has 0 saturated carbocycles. The van der Waals surface area contributed by atoms with E-state index in [-0.39, 0.29) is 28.3 Å². The van der Waals surface area contributed by atoms with Crippen LogP contribution in [-0.4, -0.2) is 27.5 Å². The molecule has 1 aromatic heterocycles. The van der Waals surface area contributed by atoms with Crippen molar-refractivity contribution in [3.05, 3.63) is 107 Å². The number of aromatic nitrogens is 1. The van der Waals surface area contributed by atoms with Crippen LogP contribution in [0.2, 0.25) is 10.0 Å². The monoisotopic (exact) mass is 687 g/mol. The number of fused-ring (bicyclic) bond motifs is 2. The zero-order valence-electron chi connectivity index (χ0n) is 21.3. The van der Waals surface area contributed by atoms with Gasteiger partial charge in [0.15, 0.2) is 0 Å². The molecule has 1 fully saturated rings. The molecule has 2 unspecified atom stereocenters. The third kappa shape index (κ3) is 4.95. The molecule has 7 nitrogen and oxygen atoms in total. The fourth-order valence-corrected chi connectivity index (χ4v) is 8.70. The summed E-state index contributed by atoms with van der Waals surface area (Å²) in [4.78, 5) is 55.7. The highest BCUT2D eigenvalue weighted by atomic mass is 79.9. The van der Waals surface area contributed by atoms with Crippen LogP contribution in [0.4, 0.5) is 11.4 Å². The van der Waals surface area contributed by atoms with Gasteiger partial charge in [-0.2, -0.15) is 0 Å². The van der Waals surface area contributed by atoms with Crippen molar-refractivity contribution in [3.63, 3.8) is 0 Å². The molecule has 0 aliphatic carbocycles. The van der Waals surface area contributed by atoms with Crippen LogP contribution >= 0.6 is 62.2 Å². The number of imide groups is 1. The van der Waals surface area contributed by atoms with E-state index >= 15 is 0 Å². The van der Waals surface area contributed by atoms with Crippen LogP contribution < -0.4 is 15.1 Å². The first-order valence-electron chi connectivity index (χ1n) is 12.5. The van der Waals surface area contributed by atoms with Crippen LogP contribution in [0.5, 0.6) is 0 Å². The van der Waals surface area contributed by atoms with E-state index < -0.39 is 23.0 Å². The highest BCUT2D eigenvalue weighted by Gasteiger charge is 2.57. The van der Waals surface area contributed by atoms with Crippen molar-refractivity contribution < 1.29 is 14.4 Å². The Kier molecular flexibility index (Phi) is 7.63. The summed E-state index contributed by atoms with van der Waals surface area (Å²) in [5.74, 6) is -2.70. The van der Waals surface area contributed by atoms with Crippen molar-refractivity contribution >= 4 is 91.3 Å². The minimum absolute atomic E-state index is 0.252. The zero-order valence-corrected chi connectivity index (χ0v) is 26.0. The molecular formula is C29H20BrCl2N3O4S2. The molecular weight excluding hydrogens is 669 g/mol. The first-order chi connectivity index (χ1) is 19.7. The third-order valence-corrected chi connectivity index (χ3v) is 11.1. The molecule has 4 aromatic rings. The second-order valence-corrected chi connectivity index (χ2v) is 13.5. The molecule has 6 rings (SSSR count). The second-order valence-electron chi connectivity index (χ2n) is 9.66. The molecule has 0 radical (unpaired) electrons. The molecule has 12 heteroatoms. The second kappa shape index (κ2) is 11.1. The van der Waals surface area contributed by atoms with E-state index in [1.54, 1.807) is 48.5 Å². The summed E-state index contributed by atoms with van der Waals surface area (Å²) in [5, 5.41) is 3.05. The van der Waals surface area contributed by atoms with Gasteiger partial charge in [-0.15, -0.1) is 0 Å². The maximum absolute atomic E-state index is 14.0. The van der Waals surface area contributed by atoms with Crippen LogP contribution in [-0.2, 0) is 20.9 Å². The molecule has 3 atom stereocenters. The topological polar surface area (TPSA) is 88.5 Å². The number of nitrogens with one attached hydrogen (secondary N) is 1. The molecule has 2 aliphatic heterocycles. The fourth-order valence-electron chi connectivity index (χ4n) is 5.24. The van der Waals surface area contributed by atoms with Gasteiger partial charge < -0.3 is 5.32 Å². The maximum atomic E-state index is 14.0. The average Bonchev–Trinajstić information content (AvgIpc) is 3.38. The Labute approximate surface area is 261 Å². The molecule has 3 aromatic carbocycles. The fraction of sp³-hybridized carbons (Fsp3) is 0.172. The standard InChI is InChI=1S/C29H20BrCl2N3O4S2/c1-14-5-2-3-8-19(14)33-20(36)13-34-28-25(41-29(34)39)21(17-6-4-7-18(31)23(17)32)22-24(40-28)27(38)35(26(22)37)16-11-9-15(30)10-12-16/h2-12,21-22,24H,13H2,1H3,(H,33,36)/t21-,22?,24?/m1/s1. The van der Waals surface area contributed by atoms with Crippen molar-refractivity contribution in [2.45, 2.75) is 29.7 Å². The normalized spacial score (nSPS) is 19.7. The Morgan fingerprint density at radius 1 is 0.976 bits per heavy atom. The van der Waals surface area contributed by atoms with Crippen LogP contribution in [0.1, 0.15) is 21.9 Å². The van der Waals surface area contributed by atoms with Gasteiger partial charge >= 0.3 is 4.87 Å². The number of carbonyl (C=O) groups is 3. The predicted molar refractivity (Wildman–Crippen MR) is 166 cm³/mol. The Bertz CT molecular complexity index is 1790. The number of hydrogen-bond donors (Lipinski definition) is 1. The lowest BCUT2D eigenvalue weighted by molar-refractivity contribution is -0.122. The number of aryl methyl sites for hydroxylation is 1. The number of thioether (sulfide) groups is 1. The highest BCUT2D eigenvalue weighted by molar-refractivity contribution is 9.10. The van der Waals surface area contributed by atoms with Gasteiger partial charge in [-0.3, -0.25) is 23.7 Å². The van der Waals surface area contributed by atoms with E-state index in [1.807, 2.05) is 25.1 Å². The number of nitrogens with zero attached hydrogens (tertiary/aromatic N) is 2. The number of benzene rings is 3. The number of anilines is 2.